The second-order valence-electron chi connectivity index (χ2n) is 8.34. The number of methoxy groups -OCH3 is 2. The van der Waals surface area contributed by atoms with Gasteiger partial charge in [0.1, 0.15) is 11.5 Å². The van der Waals surface area contributed by atoms with E-state index in [-0.39, 0.29) is 29.3 Å². The number of benzene rings is 2. The summed E-state index contributed by atoms with van der Waals surface area (Å²) in [6.45, 7) is 1.34. The zero-order valence-electron chi connectivity index (χ0n) is 18.6. The molecule has 7 nitrogen and oxygen atoms in total. The minimum Gasteiger partial charge on any atom is -0.497 e. The van der Waals surface area contributed by atoms with E-state index in [1.54, 1.807) is 38.5 Å². The molecule has 0 bridgehead atoms. The number of hydrogen-bond donors (Lipinski definition) is 0. The van der Waals surface area contributed by atoms with E-state index in [1.807, 2.05) is 29.2 Å². The molecule has 172 valence electrons. The van der Waals surface area contributed by atoms with E-state index in [4.69, 9.17) is 9.47 Å². The van der Waals surface area contributed by atoms with Crippen molar-refractivity contribution in [1.29, 1.82) is 0 Å². The molecule has 0 aliphatic carbocycles. The van der Waals surface area contributed by atoms with Gasteiger partial charge in [0, 0.05) is 19.6 Å². The number of nitrogens with zero attached hydrogens (tertiary/aromatic N) is 2. The number of ether oxygens (including phenoxy) is 2. The summed E-state index contributed by atoms with van der Waals surface area (Å²) >= 11 is 0. The van der Waals surface area contributed by atoms with Crippen LogP contribution in [0.5, 0.6) is 11.5 Å². The number of rotatable bonds is 6. The molecule has 0 N–H and O–H groups in total. The monoisotopic (exact) mass is 458 g/mol. The Labute approximate surface area is 190 Å². The fourth-order valence-electron chi connectivity index (χ4n) is 4.72. The summed E-state index contributed by atoms with van der Waals surface area (Å²) in [5, 5.41) is 0. The molecule has 1 amide bonds. The van der Waals surface area contributed by atoms with Gasteiger partial charge >= 0.3 is 0 Å². The topological polar surface area (TPSA) is 76.2 Å². The number of piperidine rings is 1. The van der Waals surface area contributed by atoms with Gasteiger partial charge in [0.25, 0.3) is 0 Å². The van der Waals surface area contributed by atoms with Crippen molar-refractivity contribution < 1.29 is 22.7 Å². The standard InChI is InChI=1S/C24H30N2O5S/c1-30-20-10-12-22(13-11-20)32(28,29)25-14-4-7-19(17-25)24(27)26-15-5-9-23(26)18-6-3-8-21(16-18)31-2/h3,6,8,10-13,16,19,23H,4-5,7,9,14-15,17H2,1-2H3. The number of carbonyl (C=O) groups is 1. The first-order valence-electron chi connectivity index (χ1n) is 11.0. The molecule has 2 aromatic rings. The van der Waals surface area contributed by atoms with Gasteiger partial charge < -0.3 is 14.4 Å². The molecule has 2 aliphatic heterocycles. The van der Waals surface area contributed by atoms with Crippen LogP contribution in [0.25, 0.3) is 0 Å². The van der Waals surface area contributed by atoms with Crippen LogP contribution in [0.4, 0.5) is 0 Å². The molecular formula is C24H30N2O5S. The highest BCUT2D eigenvalue weighted by atomic mass is 32.2. The number of carbonyl (C=O) groups excluding carboxylic acids is 1. The van der Waals surface area contributed by atoms with Crippen LogP contribution in [-0.4, -0.2) is 57.4 Å². The summed E-state index contributed by atoms with van der Waals surface area (Å²) in [5.41, 5.74) is 1.06. The first-order valence-corrected chi connectivity index (χ1v) is 12.5. The van der Waals surface area contributed by atoms with Gasteiger partial charge in [-0.05, 0) is 67.6 Å². The van der Waals surface area contributed by atoms with Crippen molar-refractivity contribution in [1.82, 2.24) is 9.21 Å². The molecule has 2 aliphatic rings. The molecule has 2 saturated heterocycles. The fourth-order valence-corrected chi connectivity index (χ4v) is 6.24. The van der Waals surface area contributed by atoms with Gasteiger partial charge in [-0.1, -0.05) is 12.1 Å². The molecule has 0 aromatic heterocycles. The smallest absolute Gasteiger partial charge is 0.243 e. The lowest BCUT2D eigenvalue weighted by atomic mass is 9.96. The average Bonchev–Trinajstić information content (AvgIpc) is 3.34. The summed E-state index contributed by atoms with van der Waals surface area (Å²) in [6.07, 6.45) is 3.21. The summed E-state index contributed by atoms with van der Waals surface area (Å²) in [7, 11) is -0.483. The zero-order chi connectivity index (χ0) is 22.7. The Kier molecular flexibility index (Phi) is 6.71. The maximum absolute atomic E-state index is 13.5. The van der Waals surface area contributed by atoms with Crippen molar-refractivity contribution in [3.63, 3.8) is 0 Å². The Balaban J connectivity index is 1.50. The first-order chi connectivity index (χ1) is 15.4. The molecule has 2 unspecified atom stereocenters. The lowest BCUT2D eigenvalue weighted by molar-refractivity contribution is -0.137. The van der Waals surface area contributed by atoms with Gasteiger partial charge in [0.15, 0.2) is 0 Å². The fraction of sp³-hybridized carbons (Fsp3) is 0.458. The number of hydrogen-bond acceptors (Lipinski definition) is 5. The lowest BCUT2D eigenvalue weighted by Crippen LogP contribution is -2.46. The molecule has 4 rings (SSSR count). The molecule has 0 saturated carbocycles. The minimum absolute atomic E-state index is 0.00571. The second kappa shape index (κ2) is 9.50. The normalized spacial score (nSPS) is 22.0. The summed E-state index contributed by atoms with van der Waals surface area (Å²) in [4.78, 5) is 15.6. The molecule has 2 aromatic carbocycles. The van der Waals surface area contributed by atoms with E-state index in [2.05, 4.69) is 0 Å². The van der Waals surface area contributed by atoms with Crippen LogP contribution in [0.15, 0.2) is 53.4 Å². The SMILES string of the molecule is COc1ccc(S(=O)(=O)N2CCCC(C(=O)N3CCCC3c3cccc(OC)c3)C2)cc1. The highest BCUT2D eigenvalue weighted by Gasteiger charge is 2.38. The Hall–Kier alpha value is -2.58. The summed E-state index contributed by atoms with van der Waals surface area (Å²) < 4.78 is 38.3. The van der Waals surface area contributed by atoms with E-state index < -0.39 is 10.0 Å². The van der Waals surface area contributed by atoms with E-state index in [9.17, 15) is 13.2 Å². The maximum atomic E-state index is 13.5. The Morgan fingerprint density at radius 2 is 1.66 bits per heavy atom. The van der Waals surface area contributed by atoms with Crippen LogP contribution in [-0.2, 0) is 14.8 Å². The third-order valence-electron chi connectivity index (χ3n) is 6.45. The van der Waals surface area contributed by atoms with Crippen LogP contribution in [0.3, 0.4) is 0 Å². The predicted octanol–water partition coefficient (Wildman–Crippen LogP) is 3.47. The third-order valence-corrected chi connectivity index (χ3v) is 8.32. The van der Waals surface area contributed by atoms with Gasteiger partial charge in [0.05, 0.1) is 31.1 Å². The Morgan fingerprint density at radius 3 is 2.38 bits per heavy atom. The van der Waals surface area contributed by atoms with Crippen molar-refractivity contribution >= 4 is 15.9 Å². The highest BCUT2D eigenvalue weighted by Crippen LogP contribution is 2.36. The molecule has 0 spiro atoms. The molecule has 2 atom stereocenters. The lowest BCUT2D eigenvalue weighted by Gasteiger charge is -2.35. The van der Waals surface area contributed by atoms with Crippen molar-refractivity contribution in [2.24, 2.45) is 5.92 Å². The van der Waals surface area contributed by atoms with E-state index in [0.29, 0.717) is 31.7 Å². The van der Waals surface area contributed by atoms with E-state index in [0.717, 1.165) is 24.2 Å². The van der Waals surface area contributed by atoms with Gasteiger partial charge in [-0.3, -0.25) is 4.79 Å². The van der Waals surface area contributed by atoms with E-state index in [1.165, 1.54) is 4.31 Å². The van der Waals surface area contributed by atoms with Crippen LogP contribution < -0.4 is 9.47 Å². The van der Waals surface area contributed by atoms with Gasteiger partial charge in [-0.15, -0.1) is 0 Å². The van der Waals surface area contributed by atoms with E-state index >= 15 is 0 Å². The number of likely N-dealkylation sites (tertiary alicyclic amines) is 1. The van der Waals surface area contributed by atoms with Crippen LogP contribution in [0.2, 0.25) is 0 Å². The van der Waals surface area contributed by atoms with Crippen molar-refractivity contribution in [2.75, 3.05) is 33.9 Å². The van der Waals surface area contributed by atoms with Crippen LogP contribution in [0.1, 0.15) is 37.3 Å². The molecule has 2 fully saturated rings. The largest absolute Gasteiger partial charge is 0.497 e. The highest BCUT2D eigenvalue weighted by molar-refractivity contribution is 7.89. The molecular weight excluding hydrogens is 428 g/mol. The van der Waals surface area contributed by atoms with Crippen molar-refractivity contribution in [3.05, 3.63) is 54.1 Å². The Bertz CT molecular complexity index is 1050. The molecule has 32 heavy (non-hydrogen) atoms. The predicted molar refractivity (Wildman–Crippen MR) is 121 cm³/mol. The van der Waals surface area contributed by atoms with Crippen molar-refractivity contribution in [2.45, 2.75) is 36.6 Å². The average molecular weight is 459 g/mol. The third kappa shape index (κ3) is 4.47. The summed E-state index contributed by atoms with van der Waals surface area (Å²) in [6, 6.07) is 14.2. The van der Waals surface area contributed by atoms with Gasteiger partial charge in [0.2, 0.25) is 15.9 Å². The van der Waals surface area contributed by atoms with Crippen LogP contribution >= 0.6 is 0 Å². The van der Waals surface area contributed by atoms with Gasteiger partial charge in [-0.2, -0.15) is 4.31 Å². The number of amides is 1. The first kappa shape index (κ1) is 22.6. The van der Waals surface area contributed by atoms with Crippen molar-refractivity contribution in [3.8, 4) is 11.5 Å². The number of sulfonamides is 1. The maximum Gasteiger partial charge on any atom is 0.243 e. The minimum atomic E-state index is -3.66. The zero-order valence-corrected chi connectivity index (χ0v) is 19.4. The molecule has 0 radical (unpaired) electrons. The van der Waals surface area contributed by atoms with Crippen LogP contribution in [0, 0.1) is 5.92 Å². The Morgan fingerprint density at radius 1 is 0.938 bits per heavy atom. The quantitative estimate of drug-likeness (QED) is 0.663. The second-order valence-corrected chi connectivity index (χ2v) is 10.3. The van der Waals surface area contributed by atoms with Gasteiger partial charge in [-0.25, -0.2) is 8.42 Å². The molecule has 8 heteroatoms. The summed E-state index contributed by atoms with van der Waals surface area (Å²) in [5.74, 6) is 1.09. The molecule has 2 heterocycles.